The van der Waals surface area contributed by atoms with E-state index in [2.05, 4.69) is 0 Å². The summed E-state index contributed by atoms with van der Waals surface area (Å²) in [4.78, 5) is 0.909. The van der Waals surface area contributed by atoms with Gasteiger partial charge in [-0.2, -0.15) is 0 Å². The topological polar surface area (TPSA) is 0 Å². The summed E-state index contributed by atoms with van der Waals surface area (Å²) < 4.78 is 0. The molecule has 0 unspecified atom stereocenters. The maximum Gasteiger partial charge on any atom is 1.00 e. The van der Waals surface area contributed by atoms with Crippen LogP contribution >= 0.6 is 12.2 Å². The molecule has 0 bridgehead atoms. The summed E-state index contributed by atoms with van der Waals surface area (Å²) in [5.41, 5.74) is 2.21. The molecular formula is C13H12Na2S. The second kappa shape index (κ2) is 8.60. The van der Waals surface area contributed by atoms with Crippen LogP contribution in [0.5, 0.6) is 0 Å². The van der Waals surface area contributed by atoms with Gasteiger partial charge in [0.15, 0.2) is 0 Å². The van der Waals surface area contributed by atoms with Gasteiger partial charge in [-0.1, -0.05) is 72.9 Å². The van der Waals surface area contributed by atoms with Crippen molar-refractivity contribution in [1.82, 2.24) is 0 Å². The van der Waals surface area contributed by atoms with Gasteiger partial charge < -0.3 is 2.85 Å². The van der Waals surface area contributed by atoms with Gasteiger partial charge in [-0.3, -0.25) is 0 Å². The van der Waals surface area contributed by atoms with Crippen molar-refractivity contribution in [2.75, 3.05) is 0 Å². The van der Waals surface area contributed by atoms with Gasteiger partial charge in [-0.15, -0.1) is 0 Å². The maximum atomic E-state index is 5.39. The molecule has 2 aromatic carbocycles. The molecule has 0 aliphatic rings. The van der Waals surface area contributed by atoms with Crippen molar-refractivity contribution in [1.29, 1.82) is 0 Å². The van der Waals surface area contributed by atoms with Crippen LogP contribution in [0.2, 0.25) is 0 Å². The van der Waals surface area contributed by atoms with E-state index >= 15 is 0 Å². The van der Waals surface area contributed by atoms with E-state index in [0.29, 0.717) is 0 Å². The molecule has 0 fully saturated rings. The normalized spacial score (nSPS) is 8.50. The maximum absolute atomic E-state index is 5.39. The quantitative estimate of drug-likeness (QED) is 0.326. The molecule has 0 saturated carbocycles. The van der Waals surface area contributed by atoms with Crippen LogP contribution in [-0.4, -0.2) is 4.86 Å². The molecule has 0 radical (unpaired) electrons. The van der Waals surface area contributed by atoms with Gasteiger partial charge >= 0.3 is 59.1 Å². The Morgan fingerprint density at radius 1 is 0.688 bits per heavy atom. The Bertz CT molecular complexity index is 394. The molecule has 0 N–H and O–H groups in total. The smallest absolute Gasteiger partial charge is 1.00 e. The minimum Gasteiger partial charge on any atom is -1.00 e. The van der Waals surface area contributed by atoms with E-state index in [9.17, 15) is 0 Å². The van der Waals surface area contributed by atoms with E-state index in [4.69, 9.17) is 12.2 Å². The third-order valence-electron chi connectivity index (χ3n) is 2.07. The zero-order valence-electron chi connectivity index (χ0n) is 11.7. The van der Waals surface area contributed by atoms with Crippen molar-refractivity contribution in [2.24, 2.45) is 0 Å². The van der Waals surface area contributed by atoms with Crippen LogP contribution in [0.25, 0.3) is 0 Å². The third-order valence-corrected chi connectivity index (χ3v) is 2.54. The Labute approximate surface area is 149 Å². The van der Waals surface area contributed by atoms with Crippen LogP contribution in [0.1, 0.15) is 14.0 Å². The molecule has 16 heavy (non-hydrogen) atoms. The van der Waals surface area contributed by atoms with Crippen LogP contribution in [-0.2, 0) is 0 Å². The Morgan fingerprint density at radius 3 is 1.31 bits per heavy atom. The fourth-order valence-corrected chi connectivity index (χ4v) is 1.62. The third kappa shape index (κ3) is 4.42. The van der Waals surface area contributed by atoms with Gasteiger partial charge in [0.25, 0.3) is 0 Å². The van der Waals surface area contributed by atoms with E-state index < -0.39 is 0 Å². The summed E-state index contributed by atoms with van der Waals surface area (Å²) in [6.07, 6.45) is 0. The van der Waals surface area contributed by atoms with Gasteiger partial charge in [0.1, 0.15) is 0 Å². The van der Waals surface area contributed by atoms with Crippen molar-refractivity contribution in [3.8, 4) is 0 Å². The van der Waals surface area contributed by atoms with Gasteiger partial charge in [-0.05, 0) is 11.1 Å². The van der Waals surface area contributed by atoms with Crippen molar-refractivity contribution < 1.29 is 62.0 Å². The van der Waals surface area contributed by atoms with Crippen LogP contribution in [0.4, 0.5) is 0 Å². The number of hydrogen-bond acceptors (Lipinski definition) is 1. The van der Waals surface area contributed by atoms with Crippen LogP contribution in [0.15, 0.2) is 60.7 Å². The van der Waals surface area contributed by atoms with E-state index in [0.717, 1.165) is 16.0 Å². The van der Waals surface area contributed by atoms with E-state index in [1.54, 1.807) is 0 Å². The molecular weight excluding hydrogens is 234 g/mol. The number of benzene rings is 2. The molecule has 0 spiro atoms. The van der Waals surface area contributed by atoms with Gasteiger partial charge in [0, 0.05) is 0 Å². The largest absolute Gasteiger partial charge is 1.00 e. The summed E-state index contributed by atoms with van der Waals surface area (Å²) >= 11 is 5.39. The summed E-state index contributed by atoms with van der Waals surface area (Å²) in [5, 5.41) is 0. The molecule has 0 saturated heterocycles. The first-order chi connectivity index (χ1) is 6.88. The van der Waals surface area contributed by atoms with Crippen molar-refractivity contribution in [3.63, 3.8) is 0 Å². The van der Waals surface area contributed by atoms with Crippen molar-refractivity contribution >= 4 is 17.1 Å². The van der Waals surface area contributed by atoms with Gasteiger partial charge in [0.2, 0.25) is 0 Å². The minimum atomic E-state index is 0. The molecule has 3 heteroatoms. The first-order valence-electron chi connectivity index (χ1n) is 4.53. The number of hydrogen-bond donors (Lipinski definition) is 0. The summed E-state index contributed by atoms with van der Waals surface area (Å²) in [7, 11) is 0. The summed E-state index contributed by atoms with van der Waals surface area (Å²) in [5.74, 6) is 0. The van der Waals surface area contributed by atoms with Gasteiger partial charge in [-0.25, -0.2) is 0 Å². The molecule has 2 aromatic rings. The summed E-state index contributed by atoms with van der Waals surface area (Å²) in [6, 6.07) is 20.2. The fraction of sp³-hybridized carbons (Fsp3) is 0. The second-order valence-electron chi connectivity index (χ2n) is 3.06. The monoisotopic (exact) mass is 246 g/mol. The fourth-order valence-electron chi connectivity index (χ4n) is 1.35. The summed E-state index contributed by atoms with van der Waals surface area (Å²) in [6.45, 7) is 0. The van der Waals surface area contributed by atoms with E-state index in [1.807, 2.05) is 60.7 Å². The standard InChI is InChI=1S/C13H10S.2Na.2H/c14-13(11-7-3-1-4-8-11)12-9-5-2-6-10-12;;;;/h1-10H;;;;/q;2*+1;2*-1. The van der Waals surface area contributed by atoms with Gasteiger partial charge in [0.05, 0.1) is 4.86 Å². The Balaban J connectivity index is -0.000000562. The molecule has 0 aliphatic heterocycles. The Kier molecular flexibility index (Phi) is 8.88. The van der Waals surface area contributed by atoms with Crippen LogP contribution in [0, 0.1) is 0 Å². The predicted octanol–water partition coefficient (Wildman–Crippen LogP) is -2.31. The molecule has 72 valence electrons. The minimum absolute atomic E-state index is 0. The first-order valence-corrected chi connectivity index (χ1v) is 4.93. The number of rotatable bonds is 2. The first kappa shape index (κ1) is 16.5. The molecule has 0 heterocycles. The van der Waals surface area contributed by atoms with E-state index in [1.165, 1.54) is 0 Å². The average Bonchev–Trinajstić information content (AvgIpc) is 2.30. The van der Waals surface area contributed by atoms with Crippen molar-refractivity contribution in [2.45, 2.75) is 0 Å². The Hall–Kier alpha value is 0.530. The zero-order valence-corrected chi connectivity index (χ0v) is 14.5. The zero-order chi connectivity index (χ0) is 9.80. The molecule has 0 aliphatic carbocycles. The Morgan fingerprint density at radius 2 is 1.00 bits per heavy atom. The molecule has 2 rings (SSSR count). The van der Waals surface area contributed by atoms with Crippen molar-refractivity contribution in [3.05, 3.63) is 71.8 Å². The van der Waals surface area contributed by atoms with Crippen LogP contribution in [0.3, 0.4) is 0 Å². The molecule has 0 atom stereocenters. The number of thiocarbonyl (C=S) groups is 1. The predicted molar refractivity (Wildman–Crippen MR) is 65.9 cm³/mol. The molecule has 0 nitrogen and oxygen atoms in total. The van der Waals surface area contributed by atoms with Crippen LogP contribution < -0.4 is 59.1 Å². The SMILES string of the molecule is S=C(c1ccccc1)c1ccccc1.[H-].[H-].[Na+].[Na+]. The molecule has 0 aromatic heterocycles. The van der Waals surface area contributed by atoms with E-state index in [-0.39, 0.29) is 62.0 Å². The average molecular weight is 246 g/mol. The second-order valence-corrected chi connectivity index (χ2v) is 3.47. The molecule has 0 amide bonds.